The minimum Gasteiger partial charge on any atom is -0.292 e. The third kappa shape index (κ3) is 1.86. The van der Waals surface area contributed by atoms with Gasteiger partial charge < -0.3 is 0 Å². The van der Waals surface area contributed by atoms with Crippen molar-refractivity contribution in [2.75, 3.05) is 0 Å². The Hall–Kier alpha value is -2.62. The van der Waals surface area contributed by atoms with Crippen LogP contribution in [0, 0.1) is 13.8 Å². The van der Waals surface area contributed by atoms with Crippen molar-refractivity contribution >= 4 is 16.7 Å². The Labute approximate surface area is 115 Å². The first-order valence-electron chi connectivity index (χ1n) is 6.39. The van der Waals surface area contributed by atoms with Gasteiger partial charge in [0.25, 0.3) is 11.5 Å². The lowest BCUT2D eigenvalue weighted by molar-refractivity contribution is 0.0941. The normalized spacial score (nSPS) is 10.9. The van der Waals surface area contributed by atoms with Crippen LogP contribution in [0.2, 0.25) is 0 Å². The fourth-order valence-electron chi connectivity index (χ4n) is 2.22. The van der Waals surface area contributed by atoms with Crippen LogP contribution in [0.1, 0.15) is 21.6 Å². The topological polar surface area (TPSA) is 54.9 Å². The Morgan fingerprint density at radius 1 is 1.05 bits per heavy atom. The molecule has 0 aliphatic rings. The highest BCUT2D eigenvalue weighted by molar-refractivity contribution is 5.99. The number of nitrogens with one attached hydrogen (secondary N) is 1. The zero-order valence-electron chi connectivity index (χ0n) is 11.3. The van der Waals surface area contributed by atoms with Crippen LogP contribution in [0.3, 0.4) is 0 Å². The summed E-state index contributed by atoms with van der Waals surface area (Å²) in [6.07, 6.45) is 0. The molecule has 3 aromatic rings. The molecule has 0 aliphatic carbocycles. The van der Waals surface area contributed by atoms with E-state index < -0.39 is 0 Å². The fourth-order valence-corrected chi connectivity index (χ4v) is 2.22. The number of carbonyl (C=O) groups is 1. The van der Waals surface area contributed by atoms with Crippen LogP contribution in [0.5, 0.6) is 0 Å². The standard InChI is InChI=1S/C16H14N2O2/c1-10-11(2)17-18(15(10)19)16(20)14-8-7-12-5-3-4-6-13(12)9-14/h3-9,17H,1-2H3. The molecule has 4 nitrogen and oxygen atoms in total. The lowest BCUT2D eigenvalue weighted by Crippen LogP contribution is -2.26. The van der Waals surface area contributed by atoms with Crippen molar-refractivity contribution in [1.29, 1.82) is 0 Å². The average molecular weight is 266 g/mol. The van der Waals surface area contributed by atoms with Crippen molar-refractivity contribution in [3.63, 3.8) is 0 Å². The van der Waals surface area contributed by atoms with Crippen molar-refractivity contribution < 1.29 is 4.79 Å². The molecular formula is C16H14N2O2. The minimum absolute atomic E-state index is 0.291. The lowest BCUT2D eigenvalue weighted by atomic mass is 10.1. The summed E-state index contributed by atoms with van der Waals surface area (Å²) in [7, 11) is 0. The van der Waals surface area contributed by atoms with E-state index in [1.165, 1.54) is 0 Å². The SMILES string of the molecule is Cc1[nH]n(C(=O)c2ccc3ccccc3c2)c(=O)c1C. The maximum absolute atomic E-state index is 12.4. The van der Waals surface area contributed by atoms with Gasteiger partial charge >= 0.3 is 0 Å². The molecule has 0 radical (unpaired) electrons. The summed E-state index contributed by atoms with van der Waals surface area (Å²) in [4.78, 5) is 24.4. The van der Waals surface area contributed by atoms with Crippen molar-refractivity contribution in [2.45, 2.75) is 13.8 Å². The number of nitrogens with zero attached hydrogens (tertiary/aromatic N) is 1. The third-order valence-electron chi connectivity index (χ3n) is 3.57. The number of fused-ring (bicyclic) bond motifs is 1. The van der Waals surface area contributed by atoms with Crippen LogP contribution in [-0.4, -0.2) is 15.7 Å². The van der Waals surface area contributed by atoms with Gasteiger partial charge in [0.15, 0.2) is 0 Å². The van der Waals surface area contributed by atoms with Gasteiger partial charge in [-0.25, -0.2) is 0 Å². The number of aromatic nitrogens is 2. The quantitative estimate of drug-likeness (QED) is 0.736. The van der Waals surface area contributed by atoms with Crippen molar-refractivity contribution in [3.8, 4) is 0 Å². The lowest BCUT2D eigenvalue weighted by Gasteiger charge is -2.03. The first-order chi connectivity index (χ1) is 9.58. The van der Waals surface area contributed by atoms with Crippen molar-refractivity contribution in [3.05, 3.63) is 69.6 Å². The molecule has 0 saturated carbocycles. The molecular weight excluding hydrogens is 252 g/mol. The second-order valence-electron chi connectivity index (χ2n) is 4.87. The van der Waals surface area contributed by atoms with E-state index in [0.717, 1.165) is 15.5 Å². The average Bonchev–Trinajstić information content (AvgIpc) is 2.73. The summed E-state index contributed by atoms with van der Waals surface area (Å²) < 4.78 is 1.06. The summed E-state index contributed by atoms with van der Waals surface area (Å²) >= 11 is 0. The predicted octanol–water partition coefficient (Wildman–Crippen LogP) is 2.63. The summed E-state index contributed by atoms with van der Waals surface area (Å²) in [6.45, 7) is 3.49. The number of aryl methyl sites for hydroxylation is 1. The molecule has 100 valence electrons. The van der Waals surface area contributed by atoms with Gasteiger partial charge in [0.2, 0.25) is 0 Å². The summed E-state index contributed by atoms with van der Waals surface area (Å²) in [5, 5.41) is 4.86. The molecule has 3 rings (SSSR count). The molecule has 0 fully saturated rings. The Kier molecular flexibility index (Phi) is 2.79. The highest BCUT2D eigenvalue weighted by Gasteiger charge is 2.15. The summed E-state index contributed by atoms with van der Waals surface area (Å²) in [6, 6.07) is 13.2. The number of aromatic amines is 1. The van der Waals surface area contributed by atoms with E-state index in [-0.39, 0.29) is 11.5 Å². The monoisotopic (exact) mass is 266 g/mol. The highest BCUT2D eigenvalue weighted by Crippen LogP contribution is 2.16. The Balaban J connectivity index is 2.12. The summed E-state index contributed by atoms with van der Waals surface area (Å²) in [5.41, 5.74) is 1.48. The Morgan fingerprint density at radius 3 is 2.40 bits per heavy atom. The maximum Gasteiger partial charge on any atom is 0.279 e. The van der Waals surface area contributed by atoms with Gasteiger partial charge in [-0.3, -0.25) is 14.7 Å². The van der Waals surface area contributed by atoms with E-state index in [2.05, 4.69) is 5.10 Å². The number of hydrogen-bond acceptors (Lipinski definition) is 2. The predicted molar refractivity (Wildman–Crippen MR) is 78.2 cm³/mol. The fraction of sp³-hybridized carbons (Fsp3) is 0.125. The third-order valence-corrected chi connectivity index (χ3v) is 3.57. The molecule has 0 saturated heterocycles. The molecule has 1 heterocycles. The molecule has 20 heavy (non-hydrogen) atoms. The molecule has 0 unspecified atom stereocenters. The van der Waals surface area contributed by atoms with Gasteiger partial charge in [-0.15, -0.1) is 0 Å². The number of carbonyl (C=O) groups excluding carboxylic acids is 1. The zero-order valence-corrected chi connectivity index (χ0v) is 11.3. The van der Waals surface area contributed by atoms with Gasteiger partial charge in [-0.05, 0) is 36.8 Å². The van der Waals surface area contributed by atoms with Gasteiger partial charge in [0.1, 0.15) is 0 Å². The first-order valence-corrected chi connectivity index (χ1v) is 6.39. The molecule has 1 aromatic heterocycles. The van der Waals surface area contributed by atoms with E-state index >= 15 is 0 Å². The van der Waals surface area contributed by atoms with Crippen LogP contribution in [0.4, 0.5) is 0 Å². The number of hydrogen-bond donors (Lipinski definition) is 1. The molecule has 4 heteroatoms. The number of H-pyrrole nitrogens is 1. The van der Waals surface area contributed by atoms with E-state index in [9.17, 15) is 9.59 Å². The molecule has 0 aliphatic heterocycles. The summed E-state index contributed by atoms with van der Waals surface area (Å²) in [5.74, 6) is -0.336. The number of rotatable bonds is 1. The smallest absolute Gasteiger partial charge is 0.279 e. The highest BCUT2D eigenvalue weighted by atomic mass is 16.2. The van der Waals surface area contributed by atoms with Crippen LogP contribution in [0.15, 0.2) is 47.3 Å². The van der Waals surface area contributed by atoms with Crippen molar-refractivity contribution in [2.24, 2.45) is 0 Å². The molecule has 0 bridgehead atoms. The van der Waals surface area contributed by atoms with E-state index in [1.54, 1.807) is 26.0 Å². The van der Waals surface area contributed by atoms with E-state index in [0.29, 0.717) is 16.8 Å². The van der Waals surface area contributed by atoms with E-state index in [1.807, 2.05) is 30.3 Å². The van der Waals surface area contributed by atoms with Crippen LogP contribution >= 0.6 is 0 Å². The van der Waals surface area contributed by atoms with Crippen LogP contribution < -0.4 is 5.56 Å². The molecule has 1 N–H and O–H groups in total. The molecule has 0 spiro atoms. The van der Waals surface area contributed by atoms with Crippen LogP contribution in [-0.2, 0) is 0 Å². The Morgan fingerprint density at radius 2 is 1.75 bits per heavy atom. The first kappa shape index (κ1) is 12.4. The van der Waals surface area contributed by atoms with Gasteiger partial charge in [-0.1, -0.05) is 30.3 Å². The van der Waals surface area contributed by atoms with Gasteiger partial charge in [0, 0.05) is 16.8 Å². The molecule has 0 atom stereocenters. The van der Waals surface area contributed by atoms with Gasteiger partial charge in [-0.2, -0.15) is 4.68 Å². The van der Waals surface area contributed by atoms with Gasteiger partial charge in [0.05, 0.1) is 0 Å². The second kappa shape index (κ2) is 4.49. The maximum atomic E-state index is 12.4. The van der Waals surface area contributed by atoms with E-state index in [4.69, 9.17) is 0 Å². The molecule has 2 aromatic carbocycles. The zero-order chi connectivity index (χ0) is 14.3. The second-order valence-corrected chi connectivity index (χ2v) is 4.87. The largest absolute Gasteiger partial charge is 0.292 e. The minimum atomic E-state index is -0.336. The van der Waals surface area contributed by atoms with Crippen molar-refractivity contribution in [1.82, 2.24) is 9.78 Å². The van der Waals surface area contributed by atoms with Crippen LogP contribution in [0.25, 0.3) is 10.8 Å². The molecule has 0 amide bonds. The number of benzene rings is 2. The Bertz CT molecular complexity index is 872.